The number of hydrogen-bond acceptors (Lipinski definition) is 4. The number of benzene rings is 1. The van der Waals surface area contributed by atoms with Gasteiger partial charge in [-0.1, -0.05) is 6.07 Å². The summed E-state index contributed by atoms with van der Waals surface area (Å²) < 4.78 is 26.9. The van der Waals surface area contributed by atoms with E-state index in [2.05, 4.69) is 0 Å². The minimum atomic E-state index is -3.70. The number of nitrogens with zero attached hydrogens (tertiary/aromatic N) is 2. The smallest absolute Gasteiger partial charge is 0.245 e. The van der Waals surface area contributed by atoms with Crippen LogP contribution in [-0.4, -0.2) is 25.3 Å². The molecule has 1 rings (SSSR count). The first-order valence-corrected chi connectivity index (χ1v) is 7.92. The molecular weight excluding hydrogens is 274 g/mol. The second-order valence-corrected chi connectivity index (χ2v) is 6.87. The van der Waals surface area contributed by atoms with E-state index >= 15 is 0 Å². The van der Waals surface area contributed by atoms with Gasteiger partial charge < -0.3 is 5.73 Å². The van der Waals surface area contributed by atoms with Gasteiger partial charge in [0, 0.05) is 19.0 Å². The lowest BCUT2D eigenvalue weighted by Crippen LogP contribution is -2.38. The molecule has 0 aliphatic heterocycles. The maximum Gasteiger partial charge on any atom is 0.245 e. The van der Waals surface area contributed by atoms with Gasteiger partial charge in [0.2, 0.25) is 10.0 Å². The maximum atomic E-state index is 12.8. The third kappa shape index (κ3) is 3.11. The zero-order valence-electron chi connectivity index (χ0n) is 12.3. The monoisotopic (exact) mass is 295 g/mol. The van der Waals surface area contributed by atoms with Crippen LogP contribution in [0.4, 0.5) is 5.69 Å². The lowest BCUT2D eigenvalue weighted by Gasteiger charge is -2.26. The van der Waals surface area contributed by atoms with Crippen molar-refractivity contribution in [3.63, 3.8) is 0 Å². The van der Waals surface area contributed by atoms with Crippen LogP contribution in [0.1, 0.15) is 31.4 Å². The van der Waals surface area contributed by atoms with Gasteiger partial charge in [-0.3, -0.25) is 0 Å². The maximum absolute atomic E-state index is 12.8. The first kappa shape index (κ1) is 16.5. The van der Waals surface area contributed by atoms with E-state index < -0.39 is 10.0 Å². The summed E-state index contributed by atoms with van der Waals surface area (Å²) in [6.45, 7) is 7.35. The molecule has 2 N–H and O–H groups in total. The minimum absolute atomic E-state index is 0.155. The van der Waals surface area contributed by atoms with Crippen molar-refractivity contribution < 1.29 is 8.42 Å². The van der Waals surface area contributed by atoms with Gasteiger partial charge >= 0.3 is 0 Å². The summed E-state index contributed by atoms with van der Waals surface area (Å²) in [6.07, 6.45) is 0.155. The van der Waals surface area contributed by atoms with Gasteiger partial charge in [-0.05, 0) is 44.9 Å². The van der Waals surface area contributed by atoms with Gasteiger partial charge in [-0.2, -0.15) is 9.57 Å². The molecule has 5 nitrogen and oxygen atoms in total. The largest absolute Gasteiger partial charge is 0.398 e. The number of nitrogens with two attached hydrogens (primary N) is 1. The van der Waals surface area contributed by atoms with Crippen LogP contribution in [0.2, 0.25) is 0 Å². The second-order valence-electron chi connectivity index (χ2n) is 5.04. The molecule has 0 aromatic heterocycles. The quantitative estimate of drug-likeness (QED) is 0.844. The third-order valence-electron chi connectivity index (χ3n) is 3.29. The number of nitriles is 1. The highest BCUT2D eigenvalue weighted by atomic mass is 32.2. The number of rotatable bonds is 5. The van der Waals surface area contributed by atoms with Gasteiger partial charge in [-0.15, -0.1) is 0 Å². The summed E-state index contributed by atoms with van der Waals surface area (Å²) >= 11 is 0. The molecule has 0 unspecified atom stereocenters. The Kier molecular flexibility index (Phi) is 5.15. The predicted octanol–water partition coefficient (Wildman–Crippen LogP) is 2.20. The highest BCUT2D eigenvalue weighted by molar-refractivity contribution is 7.89. The third-order valence-corrected chi connectivity index (χ3v) is 5.57. The second kappa shape index (κ2) is 6.25. The van der Waals surface area contributed by atoms with E-state index in [1.807, 2.05) is 13.0 Å². The molecule has 0 spiro atoms. The number of nitrogen functional groups attached to an aromatic ring is 1. The number of hydrogen-bond donors (Lipinski definition) is 1. The summed E-state index contributed by atoms with van der Waals surface area (Å²) in [6, 6.07) is 5.16. The lowest BCUT2D eigenvalue weighted by atomic mass is 10.1. The minimum Gasteiger partial charge on any atom is -0.398 e. The highest BCUT2D eigenvalue weighted by Gasteiger charge is 2.30. The van der Waals surface area contributed by atoms with Gasteiger partial charge in [0.1, 0.15) is 4.90 Å². The SMILES string of the molecule is Cc1ccc(N)c(S(=O)(=O)N(CCC#N)C(C)C)c1C. The Morgan fingerprint density at radius 2 is 1.95 bits per heavy atom. The molecule has 0 aliphatic rings. The summed E-state index contributed by atoms with van der Waals surface area (Å²) in [5.74, 6) is 0. The molecule has 1 aromatic carbocycles. The van der Waals surface area contributed by atoms with Crippen LogP contribution in [0.15, 0.2) is 17.0 Å². The summed E-state index contributed by atoms with van der Waals surface area (Å²) in [7, 11) is -3.70. The van der Waals surface area contributed by atoms with Crippen molar-refractivity contribution in [1.82, 2.24) is 4.31 Å². The molecule has 0 heterocycles. The van der Waals surface area contributed by atoms with Crippen molar-refractivity contribution in [1.29, 1.82) is 5.26 Å². The Morgan fingerprint density at radius 1 is 1.35 bits per heavy atom. The molecule has 0 saturated heterocycles. The molecule has 0 atom stereocenters. The molecule has 0 radical (unpaired) electrons. The van der Waals surface area contributed by atoms with Gasteiger partial charge in [-0.25, -0.2) is 8.42 Å². The lowest BCUT2D eigenvalue weighted by molar-refractivity contribution is 0.360. The average molecular weight is 295 g/mol. The van der Waals surface area contributed by atoms with Crippen molar-refractivity contribution in [2.24, 2.45) is 0 Å². The van der Waals surface area contributed by atoms with E-state index in [0.717, 1.165) is 5.56 Å². The molecule has 0 aliphatic carbocycles. The molecule has 110 valence electrons. The number of anilines is 1. The van der Waals surface area contributed by atoms with Crippen molar-refractivity contribution in [3.05, 3.63) is 23.3 Å². The van der Waals surface area contributed by atoms with E-state index in [0.29, 0.717) is 5.56 Å². The van der Waals surface area contributed by atoms with Crippen LogP contribution >= 0.6 is 0 Å². The Balaban J connectivity index is 3.42. The highest BCUT2D eigenvalue weighted by Crippen LogP contribution is 2.29. The average Bonchev–Trinajstić information content (AvgIpc) is 2.34. The molecule has 1 aromatic rings. The van der Waals surface area contributed by atoms with Crippen LogP contribution < -0.4 is 5.73 Å². The van der Waals surface area contributed by atoms with Crippen molar-refractivity contribution in [2.45, 2.75) is 45.1 Å². The van der Waals surface area contributed by atoms with Gasteiger partial charge in [0.25, 0.3) is 0 Å². The van der Waals surface area contributed by atoms with Crippen LogP contribution in [0, 0.1) is 25.2 Å². The van der Waals surface area contributed by atoms with Crippen molar-refractivity contribution in [3.8, 4) is 6.07 Å². The van der Waals surface area contributed by atoms with Crippen LogP contribution in [0.5, 0.6) is 0 Å². The summed E-state index contributed by atoms with van der Waals surface area (Å²) in [5.41, 5.74) is 7.65. The van der Waals surface area contributed by atoms with E-state index in [9.17, 15) is 8.42 Å². The molecule has 6 heteroatoms. The molecule has 0 fully saturated rings. The molecular formula is C14H21N3O2S. The number of sulfonamides is 1. The first-order chi connectivity index (χ1) is 9.23. The Bertz CT molecular complexity index is 631. The van der Waals surface area contributed by atoms with E-state index in [-0.39, 0.29) is 29.6 Å². The Hall–Kier alpha value is -1.58. The zero-order valence-corrected chi connectivity index (χ0v) is 13.2. The van der Waals surface area contributed by atoms with E-state index in [4.69, 9.17) is 11.0 Å². The fourth-order valence-corrected chi connectivity index (χ4v) is 4.12. The normalized spacial score (nSPS) is 11.8. The summed E-state index contributed by atoms with van der Waals surface area (Å²) in [4.78, 5) is 0.157. The Labute approximate surface area is 121 Å². The van der Waals surface area contributed by atoms with Crippen molar-refractivity contribution in [2.75, 3.05) is 12.3 Å². The van der Waals surface area contributed by atoms with Gasteiger partial charge in [0.15, 0.2) is 0 Å². The molecule has 0 bridgehead atoms. The molecule has 0 saturated carbocycles. The fraction of sp³-hybridized carbons (Fsp3) is 0.500. The van der Waals surface area contributed by atoms with Crippen molar-refractivity contribution >= 4 is 15.7 Å². The fourth-order valence-electron chi connectivity index (χ4n) is 2.09. The first-order valence-electron chi connectivity index (χ1n) is 6.48. The van der Waals surface area contributed by atoms with E-state index in [1.54, 1.807) is 32.9 Å². The van der Waals surface area contributed by atoms with Crippen LogP contribution in [-0.2, 0) is 10.0 Å². The zero-order chi connectivity index (χ0) is 15.5. The standard InChI is InChI=1S/C14H21N3O2S/c1-10(2)17(9-5-8-15)20(18,19)14-12(4)11(3)6-7-13(14)16/h6-7,10H,5,9,16H2,1-4H3. The van der Waals surface area contributed by atoms with E-state index in [1.165, 1.54) is 4.31 Å². The predicted molar refractivity (Wildman–Crippen MR) is 79.6 cm³/mol. The molecule has 0 amide bonds. The van der Waals surface area contributed by atoms with Crippen LogP contribution in [0.3, 0.4) is 0 Å². The topological polar surface area (TPSA) is 87.2 Å². The van der Waals surface area contributed by atoms with Gasteiger partial charge in [0.05, 0.1) is 11.8 Å². The summed E-state index contributed by atoms with van der Waals surface area (Å²) in [5, 5.41) is 8.69. The van der Waals surface area contributed by atoms with Crippen LogP contribution in [0.25, 0.3) is 0 Å². The number of aryl methyl sites for hydroxylation is 1. The molecule has 20 heavy (non-hydrogen) atoms. The Morgan fingerprint density at radius 3 is 2.45 bits per heavy atom.